The molecule has 0 aliphatic carbocycles. The maximum absolute atomic E-state index is 11.4. The van der Waals surface area contributed by atoms with E-state index in [0.29, 0.717) is 18.7 Å². The van der Waals surface area contributed by atoms with Crippen LogP contribution < -0.4 is 22.1 Å². The minimum Gasteiger partial charge on any atom is -0.468 e. The second-order valence-electron chi connectivity index (χ2n) is 11.6. The third-order valence-corrected chi connectivity index (χ3v) is 8.07. The number of rotatable bonds is 18. The molecule has 0 aliphatic rings. The molecule has 246 valence electrons. The molecule has 0 fully saturated rings. The van der Waals surface area contributed by atoms with Crippen molar-refractivity contribution in [1.82, 2.24) is 25.2 Å². The number of aromatic nitrogens is 3. The summed E-state index contributed by atoms with van der Waals surface area (Å²) in [5, 5.41) is 7.93. The minimum atomic E-state index is -0.550. The second kappa shape index (κ2) is 17.5. The number of carbonyl (C=O) groups is 2. The average Bonchev–Trinajstić information content (AvgIpc) is 3.47. The number of aryl methyl sites for hydroxylation is 1. The molecule has 0 saturated carbocycles. The molecule has 0 aliphatic heterocycles. The molecule has 11 nitrogen and oxygen atoms in total. The SMILES string of the molecule is COC(=O)C(N)CCCCNCc1ccc(-c2nc(-c3ccc(CNCCCCC(N)C(=O)OC)cc3)c3ccn(C)c3n2)cc1. The van der Waals surface area contributed by atoms with Crippen molar-refractivity contribution in [2.75, 3.05) is 27.3 Å². The Morgan fingerprint density at radius 2 is 1.24 bits per heavy atom. The van der Waals surface area contributed by atoms with Gasteiger partial charge in [0.25, 0.3) is 0 Å². The van der Waals surface area contributed by atoms with Crippen molar-refractivity contribution >= 4 is 23.0 Å². The Morgan fingerprint density at radius 3 is 1.74 bits per heavy atom. The van der Waals surface area contributed by atoms with Gasteiger partial charge >= 0.3 is 11.9 Å². The van der Waals surface area contributed by atoms with E-state index < -0.39 is 12.1 Å². The van der Waals surface area contributed by atoms with E-state index in [9.17, 15) is 9.59 Å². The van der Waals surface area contributed by atoms with Crippen LogP contribution in [0.1, 0.15) is 49.7 Å². The fourth-order valence-electron chi connectivity index (χ4n) is 5.27. The lowest BCUT2D eigenvalue weighted by atomic mass is 10.1. The van der Waals surface area contributed by atoms with Crippen LogP contribution in [0.25, 0.3) is 33.7 Å². The van der Waals surface area contributed by atoms with Crippen LogP contribution in [0, 0.1) is 0 Å². The number of hydrogen-bond donors (Lipinski definition) is 4. The molecule has 2 aromatic heterocycles. The molecule has 4 rings (SSSR count). The van der Waals surface area contributed by atoms with Crippen molar-refractivity contribution < 1.29 is 19.1 Å². The van der Waals surface area contributed by atoms with Crippen molar-refractivity contribution in [3.05, 3.63) is 71.9 Å². The van der Waals surface area contributed by atoms with E-state index in [0.717, 1.165) is 79.7 Å². The van der Waals surface area contributed by atoms with Gasteiger partial charge in [0.05, 0.1) is 19.9 Å². The van der Waals surface area contributed by atoms with Gasteiger partial charge in [0.2, 0.25) is 0 Å². The summed E-state index contributed by atoms with van der Waals surface area (Å²) in [6, 6.07) is 17.8. The van der Waals surface area contributed by atoms with Crippen molar-refractivity contribution in [1.29, 1.82) is 0 Å². The summed E-state index contributed by atoms with van der Waals surface area (Å²) in [5.41, 5.74) is 17.7. The Balaban J connectivity index is 1.32. The van der Waals surface area contributed by atoms with Crippen LogP contribution in [0.2, 0.25) is 0 Å². The molecule has 2 aromatic carbocycles. The van der Waals surface area contributed by atoms with E-state index in [-0.39, 0.29) is 11.9 Å². The largest absolute Gasteiger partial charge is 0.468 e. The Labute approximate surface area is 271 Å². The normalized spacial score (nSPS) is 12.6. The topological polar surface area (TPSA) is 159 Å². The van der Waals surface area contributed by atoms with Crippen LogP contribution in [0.4, 0.5) is 0 Å². The average molecular weight is 630 g/mol. The quantitative estimate of drug-likeness (QED) is 0.0941. The first-order chi connectivity index (χ1) is 22.3. The summed E-state index contributed by atoms with van der Waals surface area (Å²) >= 11 is 0. The third kappa shape index (κ3) is 9.67. The summed E-state index contributed by atoms with van der Waals surface area (Å²) in [6.45, 7) is 3.19. The van der Waals surface area contributed by atoms with E-state index in [1.54, 1.807) is 0 Å². The van der Waals surface area contributed by atoms with Gasteiger partial charge in [-0.3, -0.25) is 9.59 Å². The number of esters is 2. The van der Waals surface area contributed by atoms with Crippen molar-refractivity contribution in [2.45, 2.75) is 63.7 Å². The fourth-order valence-corrected chi connectivity index (χ4v) is 5.27. The van der Waals surface area contributed by atoms with E-state index >= 15 is 0 Å². The van der Waals surface area contributed by atoms with Crippen LogP contribution >= 0.6 is 0 Å². The molecule has 0 spiro atoms. The predicted molar refractivity (Wildman–Crippen MR) is 180 cm³/mol. The maximum atomic E-state index is 11.4. The summed E-state index contributed by atoms with van der Waals surface area (Å²) in [7, 11) is 4.72. The van der Waals surface area contributed by atoms with Crippen LogP contribution in [0.3, 0.4) is 0 Å². The fraction of sp³-hybridized carbons (Fsp3) is 0.429. The van der Waals surface area contributed by atoms with Crippen molar-refractivity contribution in [3.8, 4) is 22.6 Å². The molecule has 0 saturated heterocycles. The molecular weight excluding hydrogens is 582 g/mol. The lowest BCUT2D eigenvalue weighted by Crippen LogP contribution is -2.31. The molecule has 2 unspecified atom stereocenters. The van der Waals surface area contributed by atoms with Gasteiger partial charge in [-0.05, 0) is 56.0 Å². The molecule has 2 heterocycles. The lowest BCUT2D eigenvalue weighted by Gasteiger charge is -2.11. The summed E-state index contributed by atoms with van der Waals surface area (Å²) in [6.07, 6.45) is 6.85. The number of unbranched alkanes of at least 4 members (excludes halogenated alkanes) is 2. The molecule has 0 radical (unpaired) electrons. The van der Waals surface area contributed by atoms with Gasteiger partial charge in [-0.25, -0.2) is 9.97 Å². The zero-order valence-corrected chi connectivity index (χ0v) is 27.1. The van der Waals surface area contributed by atoms with Gasteiger partial charge in [0, 0.05) is 42.8 Å². The molecular formula is C35H47N7O4. The predicted octanol–water partition coefficient (Wildman–Crippen LogP) is 3.82. The number of nitrogens with two attached hydrogens (primary N) is 2. The Hall–Kier alpha value is -4.16. The Kier molecular flexibility index (Phi) is 13.2. The standard InChI is InChI=1S/C35H47N7O4/c1-42-21-18-28-31(26-14-10-24(11-15-26)22-38-19-6-4-8-29(36)34(43)45-2)40-32(41-33(28)42)27-16-12-25(13-17-27)23-39-20-7-5-9-30(37)35(44)46-3/h10-18,21,29-30,38-39H,4-9,19-20,22-23,36-37H2,1-3H3. The highest BCUT2D eigenvalue weighted by Crippen LogP contribution is 2.30. The zero-order valence-electron chi connectivity index (χ0n) is 27.1. The van der Waals surface area contributed by atoms with Crippen LogP contribution in [-0.2, 0) is 39.2 Å². The van der Waals surface area contributed by atoms with Gasteiger partial charge in [-0.2, -0.15) is 0 Å². The van der Waals surface area contributed by atoms with Gasteiger partial charge < -0.3 is 36.1 Å². The minimum absolute atomic E-state index is 0.358. The summed E-state index contributed by atoms with van der Waals surface area (Å²) in [5.74, 6) is -0.0343. The van der Waals surface area contributed by atoms with Crippen LogP contribution in [0.15, 0.2) is 60.8 Å². The number of nitrogens with zero attached hydrogens (tertiary/aromatic N) is 3. The number of fused-ring (bicyclic) bond motifs is 1. The molecule has 0 bridgehead atoms. The molecule has 46 heavy (non-hydrogen) atoms. The van der Waals surface area contributed by atoms with E-state index in [2.05, 4.69) is 74.7 Å². The lowest BCUT2D eigenvalue weighted by molar-refractivity contribution is -0.143. The number of methoxy groups -OCH3 is 2. The summed E-state index contributed by atoms with van der Waals surface area (Å²) < 4.78 is 11.4. The molecule has 2 atom stereocenters. The molecule has 11 heteroatoms. The molecule has 4 aromatic rings. The maximum Gasteiger partial charge on any atom is 0.322 e. The zero-order chi connectivity index (χ0) is 32.9. The highest BCUT2D eigenvalue weighted by molar-refractivity contribution is 5.92. The van der Waals surface area contributed by atoms with Crippen LogP contribution in [0.5, 0.6) is 0 Å². The number of carbonyl (C=O) groups excluding carboxylic acids is 2. The molecule has 0 amide bonds. The Bertz CT molecular complexity index is 1550. The van der Waals surface area contributed by atoms with E-state index in [4.69, 9.17) is 21.4 Å². The highest BCUT2D eigenvalue weighted by atomic mass is 16.5. The number of benzene rings is 2. The highest BCUT2D eigenvalue weighted by Gasteiger charge is 2.15. The van der Waals surface area contributed by atoms with Gasteiger partial charge in [-0.15, -0.1) is 0 Å². The van der Waals surface area contributed by atoms with Crippen LogP contribution in [-0.4, -0.2) is 65.9 Å². The first-order valence-electron chi connectivity index (χ1n) is 15.9. The first kappa shape index (κ1) is 34.7. The third-order valence-electron chi connectivity index (χ3n) is 8.07. The first-order valence-corrected chi connectivity index (χ1v) is 15.9. The smallest absolute Gasteiger partial charge is 0.322 e. The monoisotopic (exact) mass is 629 g/mol. The summed E-state index contributed by atoms with van der Waals surface area (Å²) in [4.78, 5) is 32.8. The van der Waals surface area contributed by atoms with Crippen molar-refractivity contribution in [3.63, 3.8) is 0 Å². The number of ether oxygens (including phenoxy) is 2. The number of nitrogens with one attached hydrogen (secondary N) is 2. The van der Waals surface area contributed by atoms with Gasteiger partial charge in [0.15, 0.2) is 5.82 Å². The van der Waals surface area contributed by atoms with Gasteiger partial charge in [-0.1, -0.05) is 61.4 Å². The second-order valence-corrected chi connectivity index (χ2v) is 11.6. The Morgan fingerprint density at radius 1 is 0.739 bits per heavy atom. The van der Waals surface area contributed by atoms with Gasteiger partial charge in [0.1, 0.15) is 17.7 Å². The van der Waals surface area contributed by atoms with E-state index in [1.807, 2.05) is 17.8 Å². The van der Waals surface area contributed by atoms with E-state index in [1.165, 1.54) is 25.3 Å². The van der Waals surface area contributed by atoms with Crippen molar-refractivity contribution in [2.24, 2.45) is 18.5 Å². The molecule has 6 N–H and O–H groups in total. The number of hydrogen-bond acceptors (Lipinski definition) is 10.